The Morgan fingerprint density at radius 3 is 2.74 bits per heavy atom. The zero-order valence-corrected chi connectivity index (χ0v) is 10.7. The van der Waals surface area contributed by atoms with Gasteiger partial charge in [-0.15, -0.1) is 0 Å². The number of pyridine rings is 1. The van der Waals surface area contributed by atoms with Gasteiger partial charge in [0.25, 0.3) is 5.95 Å². The van der Waals surface area contributed by atoms with Crippen molar-refractivity contribution in [3.8, 4) is 17.3 Å². The molecule has 0 unspecified atom stereocenters. The molecule has 0 saturated heterocycles. The van der Waals surface area contributed by atoms with Crippen molar-refractivity contribution in [3.05, 3.63) is 42.0 Å². The van der Waals surface area contributed by atoms with Crippen molar-refractivity contribution in [2.75, 3.05) is 0 Å². The molecule has 94 valence electrons. The number of halogens is 1. The molecule has 0 fully saturated rings. The van der Waals surface area contributed by atoms with Gasteiger partial charge in [-0.1, -0.05) is 0 Å². The van der Waals surface area contributed by atoms with E-state index in [1.54, 1.807) is 12.4 Å². The van der Waals surface area contributed by atoms with E-state index in [0.29, 0.717) is 11.8 Å². The van der Waals surface area contributed by atoms with E-state index in [-0.39, 0.29) is 5.28 Å². The van der Waals surface area contributed by atoms with Crippen LogP contribution >= 0.6 is 11.6 Å². The first-order valence-electron chi connectivity index (χ1n) is 5.41. The van der Waals surface area contributed by atoms with Gasteiger partial charge in [-0.05, 0) is 30.2 Å². The first-order chi connectivity index (χ1) is 9.22. The van der Waals surface area contributed by atoms with Gasteiger partial charge >= 0.3 is 0 Å². The van der Waals surface area contributed by atoms with Crippen LogP contribution in [0.3, 0.4) is 0 Å². The molecule has 0 aliphatic carbocycles. The van der Waals surface area contributed by atoms with Crippen molar-refractivity contribution < 1.29 is 0 Å². The van der Waals surface area contributed by atoms with Gasteiger partial charge in [0.15, 0.2) is 5.82 Å². The van der Waals surface area contributed by atoms with E-state index in [9.17, 15) is 0 Å². The van der Waals surface area contributed by atoms with Crippen LogP contribution in [0, 0.1) is 6.92 Å². The maximum Gasteiger partial charge on any atom is 0.256 e. The molecule has 0 amide bonds. The molecule has 0 atom stereocenters. The van der Waals surface area contributed by atoms with E-state index < -0.39 is 0 Å². The van der Waals surface area contributed by atoms with E-state index >= 15 is 0 Å². The van der Waals surface area contributed by atoms with Gasteiger partial charge in [-0.25, -0.2) is 4.98 Å². The van der Waals surface area contributed by atoms with Crippen LogP contribution in [0.5, 0.6) is 0 Å². The lowest BCUT2D eigenvalue weighted by Gasteiger charge is -2.04. The minimum atomic E-state index is 0.0945. The molecule has 3 aromatic rings. The molecule has 0 N–H and O–H groups in total. The summed E-state index contributed by atoms with van der Waals surface area (Å²) in [4.78, 5) is 20.4. The average Bonchev–Trinajstić information content (AvgIpc) is 2.92. The molecule has 0 bridgehead atoms. The van der Waals surface area contributed by atoms with Crippen LogP contribution in [0.1, 0.15) is 5.56 Å². The van der Waals surface area contributed by atoms with Crippen molar-refractivity contribution >= 4 is 11.6 Å². The summed E-state index contributed by atoms with van der Waals surface area (Å²) >= 11 is 5.91. The van der Waals surface area contributed by atoms with E-state index in [4.69, 9.17) is 11.6 Å². The summed E-state index contributed by atoms with van der Waals surface area (Å²) in [5.41, 5.74) is 1.78. The summed E-state index contributed by atoms with van der Waals surface area (Å²) in [6.45, 7) is 1.94. The Hall–Kier alpha value is -2.41. The number of aromatic nitrogens is 7. The first-order valence-corrected chi connectivity index (χ1v) is 5.79. The molecule has 0 aromatic carbocycles. The van der Waals surface area contributed by atoms with Crippen LogP contribution in [0.15, 0.2) is 31.1 Å². The van der Waals surface area contributed by atoms with Crippen molar-refractivity contribution in [3.63, 3.8) is 0 Å². The third kappa shape index (κ3) is 2.41. The summed E-state index contributed by atoms with van der Waals surface area (Å²) in [6, 6.07) is 1.92. The van der Waals surface area contributed by atoms with Gasteiger partial charge in [0.1, 0.15) is 12.7 Å². The number of hydrogen-bond acceptors (Lipinski definition) is 6. The topological polar surface area (TPSA) is 82.3 Å². The third-order valence-electron chi connectivity index (χ3n) is 2.35. The Kier molecular flexibility index (Phi) is 2.88. The van der Waals surface area contributed by atoms with Crippen LogP contribution < -0.4 is 0 Å². The molecule has 0 spiro atoms. The number of hydrogen-bond donors (Lipinski definition) is 0. The van der Waals surface area contributed by atoms with E-state index in [1.165, 1.54) is 17.3 Å². The van der Waals surface area contributed by atoms with Gasteiger partial charge < -0.3 is 0 Å². The minimum absolute atomic E-state index is 0.0945. The Bertz CT molecular complexity index is 711. The maximum absolute atomic E-state index is 5.91. The third-order valence-corrected chi connectivity index (χ3v) is 2.52. The lowest BCUT2D eigenvalue weighted by atomic mass is 10.2. The Labute approximate surface area is 113 Å². The van der Waals surface area contributed by atoms with Gasteiger partial charge in [-0.2, -0.15) is 24.7 Å². The SMILES string of the molecule is Cc1cncc(-c2nc(Cl)nc(-n3cncn3)n2)c1. The largest absolute Gasteiger partial charge is 0.264 e. The zero-order chi connectivity index (χ0) is 13.2. The monoisotopic (exact) mass is 273 g/mol. The normalized spacial score (nSPS) is 10.6. The zero-order valence-electron chi connectivity index (χ0n) is 9.90. The van der Waals surface area contributed by atoms with Gasteiger partial charge in [0.2, 0.25) is 5.28 Å². The summed E-state index contributed by atoms with van der Waals surface area (Å²) in [5, 5.41) is 4.05. The van der Waals surface area contributed by atoms with Crippen molar-refractivity contribution in [2.24, 2.45) is 0 Å². The second-order valence-electron chi connectivity index (χ2n) is 3.82. The Balaban J connectivity index is 2.12. The summed E-state index contributed by atoms with van der Waals surface area (Å²) < 4.78 is 1.42. The molecule has 3 rings (SSSR count). The maximum atomic E-state index is 5.91. The molecule has 8 heteroatoms. The molecule has 0 aliphatic rings. The second-order valence-corrected chi connectivity index (χ2v) is 4.16. The predicted molar refractivity (Wildman–Crippen MR) is 67.7 cm³/mol. The molecular weight excluding hydrogens is 266 g/mol. The number of nitrogens with zero attached hydrogens (tertiary/aromatic N) is 7. The summed E-state index contributed by atoms with van der Waals surface area (Å²) in [5.74, 6) is 0.760. The molecule has 3 aromatic heterocycles. The highest BCUT2D eigenvalue weighted by atomic mass is 35.5. The molecule has 0 saturated carbocycles. The number of aryl methyl sites for hydroxylation is 1. The highest BCUT2D eigenvalue weighted by molar-refractivity contribution is 6.28. The van der Waals surface area contributed by atoms with Crippen LogP contribution in [0.2, 0.25) is 5.28 Å². The lowest BCUT2D eigenvalue weighted by molar-refractivity contribution is 0.796. The number of rotatable bonds is 2. The van der Waals surface area contributed by atoms with E-state index in [2.05, 4.69) is 30.0 Å². The lowest BCUT2D eigenvalue weighted by Crippen LogP contribution is -2.05. The van der Waals surface area contributed by atoms with Crippen molar-refractivity contribution in [1.29, 1.82) is 0 Å². The first kappa shape index (κ1) is 11.7. The van der Waals surface area contributed by atoms with E-state index in [0.717, 1.165) is 11.1 Å². The molecule has 3 heterocycles. The highest BCUT2D eigenvalue weighted by Gasteiger charge is 2.09. The fraction of sp³-hybridized carbons (Fsp3) is 0.0909. The fourth-order valence-corrected chi connectivity index (χ4v) is 1.72. The quantitative estimate of drug-likeness (QED) is 0.703. The summed E-state index contributed by atoms with van der Waals surface area (Å²) in [6.07, 6.45) is 6.31. The van der Waals surface area contributed by atoms with Crippen molar-refractivity contribution in [1.82, 2.24) is 34.7 Å². The summed E-state index contributed by atoms with van der Waals surface area (Å²) in [7, 11) is 0. The van der Waals surface area contributed by atoms with Gasteiger partial charge in [0, 0.05) is 18.0 Å². The molecule has 7 nitrogen and oxygen atoms in total. The van der Waals surface area contributed by atoms with E-state index in [1.807, 2.05) is 13.0 Å². The fourth-order valence-electron chi connectivity index (χ4n) is 1.56. The standard InChI is InChI=1S/C11H8ClN7/c1-7-2-8(4-13-3-7)9-16-10(12)18-11(17-9)19-6-14-5-15-19/h2-6H,1H3. The molecule has 19 heavy (non-hydrogen) atoms. The Morgan fingerprint density at radius 1 is 1.11 bits per heavy atom. The Morgan fingerprint density at radius 2 is 2.00 bits per heavy atom. The van der Waals surface area contributed by atoms with Crippen LogP contribution in [0.4, 0.5) is 0 Å². The van der Waals surface area contributed by atoms with Crippen LogP contribution in [0.25, 0.3) is 17.3 Å². The van der Waals surface area contributed by atoms with Crippen LogP contribution in [-0.2, 0) is 0 Å². The highest BCUT2D eigenvalue weighted by Crippen LogP contribution is 2.17. The molecule has 0 aliphatic heterocycles. The smallest absolute Gasteiger partial charge is 0.256 e. The van der Waals surface area contributed by atoms with Gasteiger partial charge in [-0.3, -0.25) is 4.98 Å². The average molecular weight is 274 g/mol. The van der Waals surface area contributed by atoms with Crippen molar-refractivity contribution in [2.45, 2.75) is 6.92 Å². The predicted octanol–water partition coefficient (Wildman–Crippen LogP) is 1.48. The second kappa shape index (κ2) is 4.69. The minimum Gasteiger partial charge on any atom is -0.264 e. The molecule has 0 radical (unpaired) electrons. The van der Waals surface area contributed by atoms with Gasteiger partial charge in [0.05, 0.1) is 0 Å². The molecular formula is C11H8ClN7. The van der Waals surface area contributed by atoms with Crippen LogP contribution in [-0.4, -0.2) is 34.7 Å².